The van der Waals surface area contributed by atoms with Gasteiger partial charge in [-0.2, -0.15) is 0 Å². The molecule has 2 saturated carbocycles. The molecule has 4 heteroatoms. The lowest BCUT2D eigenvalue weighted by atomic mass is 9.88. The van der Waals surface area contributed by atoms with Gasteiger partial charge in [0, 0.05) is 31.7 Å². The van der Waals surface area contributed by atoms with Crippen LogP contribution in [0.5, 0.6) is 0 Å². The average Bonchev–Trinajstić information content (AvgIpc) is 2.58. The van der Waals surface area contributed by atoms with Crippen LogP contribution in [0.2, 0.25) is 0 Å². The first-order valence-corrected chi connectivity index (χ1v) is 9.12. The lowest BCUT2D eigenvalue weighted by Gasteiger charge is -2.44. The van der Waals surface area contributed by atoms with E-state index in [-0.39, 0.29) is 6.04 Å². The predicted octanol–water partition coefficient (Wildman–Crippen LogP) is 2.04. The van der Waals surface area contributed by atoms with Crippen molar-refractivity contribution in [1.29, 1.82) is 0 Å². The number of nitrogens with one attached hydrogen (secondary N) is 2. The average molecular weight is 293 g/mol. The second-order valence-electron chi connectivity index (χ2n) is 7.04. The van der Waals surface area contributed by atoms with Gasteiger partial charge in [0.2, 0.25) is 5.91 Å². The quantitative estimate of drug-likeness (QED) is 0.837. The molecular formula is C17H31N3O. The molecule has 1 aliphatic heterocycles. The Morgan fingerprint density at radius 3 is 1.86 bits per heavy atom. The van der Waals surface area contributed by atoms with Gasteiger partial charge in [-0.15, -0.1) is 0 Å². The Kier molecular flexibility index (Phi) is 5.53. The fourth-order valence-electron chi connectivity index (χ4n) is 4.38. The SMILES string of the molecule is O=C(C1CNCCN1)N(C1CCCCC1)C1CCCCC1. The van der Waals surface area contributed by atoms with E-state index < -0.39 is 0 Å². The standard InChI is InChI=1S/C17H31N3O/c21-17(16-13-18-11-12-19-16)20(14-7-3-1-4-8-14)15-9-5-2-6-10-15/h14-16,18-19H,1-13H2. The smallest absolute Gasteiger partial charge is 0.241 e. The molecule has 3 rings (SSSR count). The van der Waals surface area contributed by atoms with Crippen LogP contribution in [-0.4, -0.2) is 48.6 Å². The zero-order valence-electron chi connectivity index (χ0n) is 13.3. The van der Waals surface area contributed by atoms with Crippen molar-refractivity contribution in [1.82, 2.24) is 15.5 Å². The van der Waals surface area contributed by atoms with Crippen LogP contribution in [0.1, 0.15) is 64.2 Å². The highest BCUT2D eigenvalue weighted by Gasteiger charge is 2.36. The van der Waals surface area contributed by atoms with E-state index in [1.165, 1.54) is 64.2 Å². The highest BCUT2D eigenvalue weighted by Crippen LogP contribution is 2.30. The van der Waals surface area contributed by atoms with E-state index in [0.717, 1.165) is 19.6 Å². The van der Waals surface area contributed by atoms with E-state index >= 15 is 0 Å². The lowest BCUT2D eigenvalue weighted by Crippen LogP contribution is -2.60. The van der Waals surface area contributed by atoms with Gasteiger partial charge in [-0.05, 0) is 25.7 Å². The molecule has 21 heavy (non-hydrogen) atoms. The zero-order chi connectivity index (χ0) is 14.5. The third-order valence-electron chi connectivity index (χ3n) is 5.53. The first kappa shape index (κ1) is 15.3. The van der Waals surface area contributed by atoms with Crippen LogP contribution < -0.4 is 10.6 Å². The second-order valence-corrected chi connectivity index (χ2v) is 7.04. The molecule has 0 aromatic heterocycles. The minimum absolute atomic E-state index is 0.00241. The molecule has 3 fully saturated rings. The number of hydrogen-bond acceptors (Lipinski definition) is 3. The minimum atomic E-state index is 0.00241. The Hall–Kier alpha value is -0.610. The van der Waals surface area contributed by atoms with Crippen molar-refractivity contribution in [3.05, 3.63) is 0 Å². The molecular weight excluding hydrogens is 262 g/mol. The molecule has 1 unspecified atom stereocenters. The molecule has 1 heterocycles. The van der Waals surface area contributed by atoms with E-state index in [4.69, 9.17) is 0 Å². The molecule has 0 aromatic carbocycles. The maximum atomic E-state index is 13.1. The number of carbonyl (C=O) groups excluding carboxylic acids is 1. The van der Waals surface area contributed by atoms with Gasteiger partial charge < -0.3 is 15.5 Å². The summed E-state index contributed by atoms with van der Waals surface area (Å²) in [7, 11) is 0. The van der Waals surface area contributed by atoms with E-state index in [1.807, 2.05) is 0 Å². The number of piperazine rings is 1. The highest BCUT2D eigenvalue weighted by atomic mass is 16.2. The summed E-state index contributed by atoms with van der Waals surface area (Å²) in [5.74, 6) is 0.376. The molecule has 0 aromatic rings. The van der Waals surface area contributed by atoms with Crippen LogP contribution >= 0.6 is 0 Å². The van der Waals surface area contributed by atoms with Gasteiger partial charge in [0.1, 0.15) is 0 Å². The molecule has 0 bridgehead atoms. The van der Waals surface area contributed by atoms with Crippen molar-refractivity contribution in [2.45, 2.75) is 82.3 Å². The molecule has 3 aliphatic rings. The Morgan fingerprint density at radius 1 is 0.810 bits per heavy atom. The van der Waals surface area contributed by atoms with Crippen molar-refractivity contribution in [2.75, 3.05) is 19.6 Å². The number of hydrogen-bond donors (Lipinski definition) is 2. The Labute approximate surface area is 129 Å². The van der Waals surface area contributed by atoms with Crippen LogP contribution in [0.4, 0.5) is 0 Å². The summed E-state index contributed by atoms with van der Waals surface area (Å²) in [6.45, 7) is 2.70. The van der Waals surface area contributed by atoms with E-state index in [9.17, 15) is 4.79 Å². The molecule has 1 atom stereocenters. The highest BCUT2D eigenvalue weighted by molar-refractivity contribution is 5.83. The van der Waals surface area contributed by atoms with Crippen molar-refractivity contribution in [3.63, 3.8) is 0 Å². The number of carbonyl (C=O) groups is 1. The second kappa shape index (κ2) is 7.59. The largest absolute Gasteiger partial charge is 0.335 e. The summed E-state index contributed by atoms with van der Waals surface area (Å²) in [4.78, 5) is 15.5. The van der Waals surface area contributed by atoms with Crippen LogP contribution in [-0.2, 0) is 4.79 Å². The molecule has 120 valence electrons. The molecule has 4 nitrogen and oxygen atoms in total. The topological polar surface area (TPSA) is 44.4 Å². The first-order chi connectivity index (χ1) is 10.4. The van der Waals surface area contributed by atoms with Crippen LogP contribution in [0, 0.1) is 0 Å². The monoisotopic (exact) mass is 293 g/mol. The van der Waals surface area contributed by atoms with Crippen molar-refractivity contribution < 1.29 is 4.79 Å². The van der Waals surface area contributed by atoms with E-state index in [1.54, 1.807) is 0 Å². The normalized spacial score (nSPS) is 29.2. The first-order valence-electron chi connectivity index (χ1n) is 9.12. The molecule has 1 saturated heterocycles. The van der Waals surface area contributed by atoms with Gasteiger partial charge in [0.25, 0.3) is 0 Å². The summed E-state index contributed by atoms with van der Waals surface area (Å²) in [5, 5.41) is 6.79. The van der Waals surface area contributed by atoms with Gasteiger partial charge >= 0.3 is 0 Å². The lowest BCUT2D eigenvalue weighted by molar-refractivity contribution is -0.140. The van der Waals surface area contributed by atoms with Crippen molar-refractivity contribution >= 4 is 5.91 Å². The van der Waals surface area contributed by atoms with Crippen LogP contribution in [0.25, 0.3) is 0 Å². The van der Waals surface area contributed by atoms with E-state index in [2.05, 4.69) is 15.5 Å². The molecule has 2 N–H and O–H groups in total. The summed E-state index contributed by atoms with van der Waals surface area (Å²) < 4.78 is 0. The summed E-state index contributed by atoms with van der Waals surface area (Å²) in [6, 6.07) is 1.03. The zero-order valence-corrected chi connectivity index (χ0v) is 13.3. The third-order valence-corrected chi connectivity index (χ3v) is 5.53. The van der Waals surface area contributed by atoms with Gasteiger partial charge in [-0.3, -0.25) is 4.79 Å². The number of rotatable bonds is 3. The summed E-state index contributed by atoms with van der Waals surface area (Å²) in [6.07, 6.45) is 12.8. The molecule has 1 amide bonds. The Bertz CT molecular complexity index is 311. The third kappa shape index (κ3) is 3.78. The van der Waals surface area contributed by atoms with Crippen LogP contribution in [0.15, 0.2) is 0 Å². The predicted molar refractivity (Wildman–Crippen MR) is 85.3 cm³/mol. The van der Waals surface area contributed by atoms with Crippen molar-refractivity contribution in [2.24, 2.45) is 0 Å². The molecule has 0 spiro atoms. The van der Waals surface area contributed by atoms with Gasteiger partial charge in [-0.1, -0.05) is 38.5 Å². The Morgan fingerprint density at radius 2 is 1.38 bits per heavy atom. The van der Waals surface area contributed by atoms with Gasteiger partial charge in [-0.25, -0.2) is 0 Å². The fraction of sp³-hybridized carbons (Fsp3) is 0.941. The number of amides is 1. The Balaban J connectivity index is 1.71. The van der Waals surface area contributed by atoms with E-state index in [0.29, 0.717) is 18.0 Å². The molecule has 2 aliphatic carbocycles. The van der Waals surface area contributed by atoms with Gasteiger partial charge in [0.05, 0.1) is 6.04 Å². The summed E-state index contributed by atoms with van der Waals surface area (Å²) in [5.41, 5.74) is 0. The van der Waals surface area contributed by atoms with Crippen LogP contribution in [0.3, 0.4) is 0 Å². The maximum absolute atomic E-state index is 13.1. The maximum Gasteiger partial charge on any atom is 0.241 e. The number of nitrogens with zero attached hydrogens (tertiary/aromatic N) is 1. The fourth-order valence-corrected chi connectivity index (χ4v) is 4.38. The van der Waals surface area contributed by atoms with Gasteiger partial charge in [0.15, 0.2) is 0 Å². The van der Waals surface area contributed by atoms with Crippen molar-refractivity contribution in [3.8, 4) is 0 Å². The minimum Gasteiger partial charge on any atom is -0.335 e. The molecule has 0 radical (unpaired) electrons. The summed E-state index contributed by atoms with van der Waals surface area (Å²) >= 11 is 0.